The van der Waals surface area contributed by atoms with Crippen LogP contribution in [-0.4, -0.2) is 35.7 Å². The van der Waals surface area contributed by atoms with Crippen molar-refractivity contribution in [3.05, 3.63) is 88.2 Å². The van der Waals surface area contributed by atoms with E-state index in [2.05, 4.69) is 16.0 Å². The maximum Gasteiger partial charge on any atom is 0.251 e. The van der Waals surface area contributed by atoms with Crippen molar-refractivity contribution in [3.8, 4) is 11.5 Å². The summed E-state index contributed by atoms with van der Waals surface area (Å²) in [4.78, 5) is 17.4. The lowest BCUT2D eigenvalue weighted by atomic mass is 10.1. The van der Waals surface area contributed by atoms with Crippen LogP contribution in [0.5, 0.6) is 11.5 Å². The van der Waals surface area contributed by atoms with E-state index in [0.29, 0.717) is 24.5 Å². The maximum absolute atomic E-state index is 12.5. The summed E-state index contributed by atoms with van der Waals surface area (Å²) in [5.41, 5.74) is 4.80. The number of aryl methyl sites for hydroxylation is 4. The lowest BCUT2D eigenvalue weighted by Gasteiger charge is -2.12. The van der Waals surface area contributed by atoms with E-state index in [4.69, 9.17) is 26.1 Å². The quantitative estimate of drug-likeness (QED) is 0.216. The molecule has 3 aromatic carbocycles. The number of rotatable bonds is 12. The van der Waals surface area contributed by atoms with Gasteiger partial charge in [-0.05, 0) is 86.7 Å². The highest BCUT2D eigenvalue weighted by Gasteiger charge is 2.11. The van der Waals surface area contributed by atoms with Crippen LogP contribution in [-0.2, 0) is 13.0 Å². The van der Waals surface area contributed by atoms with Crippen molar-refractivity contribution in [1.29, 1.82) is 0 Å². The van der Waals surface area contributed by atoms with Crippen LogP contribution in [0.3, 0.4) is 0 Å². The SMILES string of the molecule is COc1cccc(C(=O)NCCCc2nc3ccccc3n2CCCCOc2cc(C)c(Cl)c(C)c2)c1. The highest BCUT2D eigenvalue weighted by Crippen LogP contribution is 2.26. The predicted molar refractivity (Wildman–Crippen MR) is 149 cm³/mol. The molecule has 0 saturated heterocycles. The number of carbonyl (C=O) groups excluding carboxylic acids is 1. The molecule has 0 spiro atoms. The number of carbonyl (C=O) groups is 1. The molecule has 1 N–H and O–H groups in total. The van der Waals surface area contributed by atoms with Crippen molar-refractivity contribution in [2.75, 3.05) is 20.3 Å². The van der Waals surface area contributed by atoms with Crippen LogP contribution in [0.15, 0.2) is 60.7 Å². The summed E-state index contributed by atoms with van der Waals surface area (Å²) in [6.45, 7) is 6.09. The number of imidazole rings is 1. The van der Waals surface area contributed by atoms with Crippen molar-refractivity contribution < 1.29 is 14.3 Å². The van der Waals surface area contributed by atoms with E-state index in [1.807, 2.05) is 56.3 Å². The molecular formula is C30H34ClN3O3. The Morgan fingerprint density at radius 2 is 1.76 bits per heavy atom. The molecule has 0 fully saturated rings. The van der Waals surface area contributed by atoms with Crippen molar-refractivity contribution in [2.24, 2.45) is 0 Å². The number of halogens is 1. The highest BCUT2D eigenvalue weighted by atomic mass is 35.5. The van der Waals surface area contributed by atoms with Crippen LogP contribution in [0.4, 0.5) is 0 Å². The van der Waals surface area contributed by atoms with Gasteiger partial charge in [0, 0.05) is 30.1 Å². The molecule has 0 saturated carbocycles. The third kappa shape index (κ3) is 6.83. The minimum atomic E-state index is -0.0986. The Morgan fingerprint density at radius 1 is 0.973 bits per heavy atom. The zero-order valence-corrected chi connectivity index (χ0v) is 22.5. The summed E-state index contributed by atoms with van der Waals surface area (Å²) < 4.78 is 13.5. The van der Waals surface area contributed by atoms with Crippen molar-refractivity contribution in [2.45, 2.75) is 46.1 Å². The molecule has 0 aliphatic rings. The molecule has 1 aromatic heterocycles. The zero-order valence-electron chi connectivity index (χ0n) is 21.7. The fraction of sp³-hybridized carbons (Fsp3) is 0.333. The van der Waals surface area contributed by atoms with Gasteiger partial charge in [-0.2, -0.15) is 0 Å². The molecule has 7 heteroatoms. The number of unbranched alkanes of at least 4 members (excludes halogenated alkanes) is 1. The molecule has 0 radical (unpaired) electrons. The van der Waals surface area contributed by atoms with Crippen molar-refractivity contribution in [1.82, 2.24) is 14.9 Å². The number of fused-ring (bicyclic) bond motifs is 1. The van der Waals surface area contributed by atoms with Crippen LogP contribution in [0.25, 0.3) is 11.0 Å². The third-order valence-electron chi connectivity index (χ3n) is 6.38. The molecule has 0 unspecified atom stereocenters. The van der Waals surface area contributed by atoms with Gasteiger partial charge in [0.2, 0.25) is 0 Å². The molecule has 0 atom stereocenters. The zero-order chi connectivity index (χ0) is 26.2. The van der Waals surface area contributed by atoms with Gasteiger partial charge >= 0.3 is 0 Å². The summed E-state index contributed by atoms with van der Waals surface area (Å²) in [5, 5.41) is 3.80. The van der Waals surface area contributed by atoms with Gasteiger partial charge in [0.1, 0.15) is 17.3 Å². The number of nitrogens with one attached hydrogen (secondary N) is 1. The summed E-state index contributed by atoms with van der Waals surface area (Å²) in [5.74, 6) is 2.48. The van der Waals surface area contributed by atoms with Gasteiger partial charge in [-0.15, -0.1) is 0 Å². The molecular weight excluding hydrogens is 486 g/mol. The number of ether oxygens (including phenoxy) is 2. The fourth-order valence-corrected chi connectivity index (χ4v) is 4.54. The first-order valence-electron chi connectivity index (χ1n) is 12.7. The molecule has 4 aromatic rings. The van der Waals surface area contributed by atoms with E-state index < -0.39 is 0 Å². The van der Waals surface area contributed by atoms with Gasteiger partial charge in [-0.25, -0.2) is 4.98 Å². The van der Waals surface area contributed by atoms with Crippen LogP contribution >= 0.6 is 11.6 Å². The van der Waals surface area contributed by atoms with Gasteiger partial charge in [0.15, 0.2) is 0 Å². The summed E-state index contributed by atoms with van der Waals surface area (Å²) >= 11 is 6.26. The Labute approximate surface area is 223 Å². The second-order valence-electron chi connectivity index (χ2n) is 9.19. The molecule has 194 valence electrons. The Morgan fingerprint density at radius 3 is 2.54 bits per heavy atom. The van der Waals surface area contributed by atoms with Crippen molar-refractivity contribution >= 4 is 28.5 Å². The van der Waals surface area contributed by atoms with Crippen molar-refractivity contribution in [3.63, 3.8) is 0 Å². The van der Waals surface area contributed by atoms with E-state index >= 15 is 0 Å². The molecule has 0 aliphatic heterocycles. The minimum Gasteiger partial charge on any atom is -0.497 e. The Balaban J connectivity index is 1.29. The Bertz CT molecular complexity index is 1340. The lowest BCUT2D eigenvalue weighted by Crippen LogP contribution is -2.25. The third-order valence-corrected chi connectivity index (χ3v) is 6.98. The normalized spacial score (nSPS) is 11.0. The summed E-state index contributed by atoms with van der Waals surface area (Å²) in [6.07, 6.45) is 3.50. The number of hydrogen-bond acceptors (Lipinski definition) is 4. The first-order chi connectivity index (χ1) is 18.0. The second-order valence-corrected chi connectivity index (χ2v) is 9.56. The van der Waals surface area contributed by atoms with Gasteiger partial charge in [-0.3, -0.25) is 4.79 Å². The molecule has 1 heterocycles. The van der Waals surface area contributed by atoms with Crippen LogP contribution in [0.2, 0.25) is 5.02 Å². The summed E-state index contributed by atoms with van der Waals surface area (Å²) in [6, 6.07) is 19.4. The first-order valence-corrected chi connectivity index (χ1v) is 13.1. The van der Waals surface area contributed by atoms with Gasteiger partial charge < -0.3 is 19.4 Å². The molecule has 4 rings (SSSR count). The average molecular weight is 520 g/mol. The van der Waals surface area contributed by atoms with E-state index in [1.54, 1.807) is 19.2 Å². The Kier molecular flexibility index (Phi) is 9.07. The van der Waals surface area contributed by atoms with E-state index in [-0.39, 0.29) is 5.91 Å². The topological polar surface area (TPSA) is 65.4 Å². The van der Waals surface area contributed by atoms with Gasteiger partial charge in [-0.1, -0.05) is 29.8 Å². The Hall–Kier alpha value is -3.51. The number of para-hydroxylation sites is 2. The van der Waals surface area contributed by atoms with Gasteiger partial charge in [0.05, 0.1) is 24.8 Å². The maximum atomic E-state index is 12.5. The number of amides is 1. The second kappa shape index (κ2) is 12.6. The van der Waals surface area contributed by atoms with Crippen LogP contribution in [0.1, 0.15) is 46.6 Å². The first kappa shape index (κ1) is 26.6. The van der Waals surface area contributed by atoms with Crippen LogP contribution < -0.4 is 14.8 Å². The standard InChI is InChI=1S/C30H34ClN3O3/c1-21-18-25(19-22(2)29(21)31)37-17-7-6-16-34-27-13-5-4-12-26(27)33-28(34)14-9-15-32-30(35)23-10-8-11-24(20-23)36-3/h4-5,8,10-13,18-20H,6-7,9,14-17H2,1-3H3,(H,32,35). The number of aromatic nitrogens is 2. The van der Waals surface area contributed by atoms with Crippen LogP contribution in [0, 0.1) is 13.8 Å². The fourth-order valence-electron chi connectivity index (χ4n) is 4.43. The molecule has 0 bridgehead atoms. The summed E-state index contributed by atoms with van der Waals surface area (Å²) in [7, 11) is 1.59. The number of benzene rings is 3. The molecule has 0 aliphatic carbocycles. The largest absolute Gasteiger partial charge is 0.497 e. The number of methoxy groups -OCH3 is 1. The number of nitrogens with zero attached hydrogens (tertiary/aromatic N) is 2. The molecule has 37 heavy (non-hydrogen) atoms. The smallest absolute Gasteiger partial charge is 0.251 e. The van der Waals surface area contributed by atoms with Gasteiger partial charge in [0.25, 0.3) is 5.91 Å². The lowest BCUT2D eigenvalue weighted by molar-refractivity contribution is 0.0952. The van der Waals surface area contributed by atoms with E-state index in [0.717, 1.165) is 71.0 Å². The molecule has 6 nitrogen and oxygen atoms in total. The molecule has 1 amide bonds. The van der Waals surface area contributed by atoms with E-state index in [1.165, 1.54) is 0 Å². The number of hydrogen-bond donors (Lipinski definition) is 1. The van der Waals surface area contributed by atoms with E-state index in [9.17, 15) is 4.79 Å². The monoisotopic (exact) mass is 519 g/mol. The predicted octanol–water partition coefficient (Wildman–Crippen LogP) is 6.54. The highest BCUT2D eigenvalue weighted by molar-refractivity contribution is 6.32. The average Bonchev–Trinajstić information content (AvgIpc) is 3.26. The minimum absolute atomic E-state index is 0.0986.